The summed E-state index contributed by atoms with van der Waals surface area (Å²) < 4.78 is 11.7. The zero-order valence-corrected chi connectivity index (χ0v) is 24.7. The first-order chi connectivity index (χ1) is 18.7. The molecule has 0 saturated heterocycles. The highest BCUT2D eigenvalue weighted by molar-refractivity contribution is 9.10. The van der Waals surface area contributed by atoms with Crippen molar-refractivity contribution in [2.45, 2.75) is 46.5 Å². The van der Waals surface area contributed by atoms with Gasteiger partial charge in [0.15, 0.2) is 12.4 Å². The molecular formula is C30H32BrN3O6. The Kier molecular flexibility index (Phi) is 9.81. The van der Waals surface area contributed by atoms with E-state index in [1.807, 2.05) is 13.8 Å². The Morgan fingerprint density at radius 3 is 2.25 bits per heavy atom. The summed E-state index contributed by atoms with van der Waals surface area (Å²) in [5.41, 5.74) is 3.78. The number of nitro benzene ring substituents is 1. The van der Waals surface area contributed by atoms with Crippen LogP contribution in [-0.4, -0.2) is 29.6 Å². The summed E-state index contributed by atoms with van der Waals surface area (Å²) in [5, 5.41) is 15.6. The fourth-order valence-corrected chi connectivity index (χ4v) is 4.62. The van der Waals surface area contributed by atoms with Crippen LogP contribution >= 0.6 is 15.9 Å². The summed E-state index contributed by atoms with van der Waals surface area (Å²) >= 11 is 3.32. The maximum Gasteiger partial charge on any atom is 0.343 e. The van der Waals surface area contributed by atoms with Crippen molar-refractivity contribution in [1.82, 2.24) is 5.43 Å². The van der Waals surface area contributed by atoms with Crippen LogP contribution in [0.15, 0.2) is 76.3 Å². The van der Waals surface area contributed by atoms with Crippen LogP contribution in [-0.2, 0) is 10.2 Å². The van der Waals surface area contributed by atoms with Crippen LogP contribution in [0.2, 0.25) is 0 Å². The minimum absolute atomic E-state index is 0.00714. The average molecular weight is 611 g/mol. The van der Waals surface area contributed by atoms with Gasteiger partial charge in [-0.05, 0) is 83.0 Å². The fraction of sp³-hybridized carbons (Fsp3) is 0.300. The predicted octanol–water partition coefficient (Wildman–Crippen LogP) is 6.82. The van der Waals surface area contributed by atoms with Gasteiger partial charge in [-0.15, -0.1) is 0 Å². The van der Waals surface area contributed by atoms with E-state index >= 15 is 0 Å². The normalized spacial score (nSPS) is 11.8. The van der Waals surface area contributed by atoms with Crippen LogP contribution in [0.4, 0.5) is 5.69 Å². The third-order valence-corrected chi connectivity index (χ3v) is 6.37. The van der Waals surface area contributed by atoms with Gasteiger partial charge in [0, 0.05) is 10.5 Å². The minimum Gasteiger partial charge on any atom is -0.477 e. The maximum absolute atomic E-state index is 12.2. The Morgan fingerprint density at radius 1 is 1.00 bits per heavy atom. The van der Waals surface area contributed by atoms with Gasteiger partial charge in [0.25, 0.3) is 5.91 Å². The zero-order chi connectivity index (χ0) is 29.5. The summed E-state index contributed by atoms with van der Waals surface area (Å²) in [7, 11) is 0. The smallest absolute Gasteiger partial charge is 0.343 e. The lowest BCUT2D eigenvalue weighted by molar-refractivity contribution is -0.385. The molecule has 10 heteroatoms. The van der Waals surface area contributed by atoms with Gasteiger partial charge in [-0.25, -0.2) is 10.2 Å². The summed E-state index contributed by atoms with van der Waals surface area (Å²) in [6, 6.07) is 18.2. The van der Waals surface area contributed by atoms with Crippen molar-refractivity contribution in [3.05, 3.63) is 98.0 Å². The van der Waals surface area contributed by atoms with Crippen molar-refractivity contribution in [2.24, 2.45) is 10.5 Å². The molecule has 0 aliphatic carbocycles. The first-order valence-corrected chi connectivity index (χ1v) is 13.3. The van der Waals surface area contributed by atoms with Gasteiger partial charge in [0.1, 0.15) is 5.75 Å². The van der Waals surface area contributed by atoms with Gasteiger partial charge < -0.3 is 9.47 Å². The van der Waals surface area contributed by atoms with E-state index in [1.54, 1.807) is 54.6 Å². The van der Waals surface area contributed by atoms with Crippen LogP contribution in [0.1, 0.15) is 62.5 Å². The molecule has 0 fully saturated rings. The molecule has 210 valence electrons. The van der Waals surface area contributed by atoms with Crippen molar-refractivity contribution < 1.29 is 24.0 Å². The highest BCUT2D eigenvalue weighted by atomic mass is 79.9. The van der Waals surface area contributed by atoms with Crippen LogP contribution < -0.4 is 14.9 Å². The summed E-state index contributed by atoms with van der Waals surface area (Å²) in [5.74, 6) is -0.697. The number of carbonyl (C=O) groups excluding carboxylic acids is 2. The molecule has 0 radical (unpaired) electrons. The molecule has 0 saturated carbocycles. The van der Waals surface area contributed by atoms with E-state index in [2.05, 4.69) is 47.2 Å². The van der Waals surface area contributed by atoms with Crippen LogP contribution in [0.5, 0.6) is 11.5 Å². The number of hydrogen-bond acceptors (Lipinski definition) is 7. The predicted molar refractivity (Wildman–Crippen MR) is 157 cm³/mol. The second-order valence-electron chi connectivity index (χ2n) is 11.1. The second-order valence-corrected chi connectivity index (χ2v) is 12.0. The van der Waals surface area contributed by atoms with E-state index in [0.717, 1.165) is 16.5 Å². The topological polar surface area (TPSA) is 120 Å². The van der Waals surface area contributed by atoms with Crippen molar-refractivity contribution >= 4 is 39.7 Å². The molecule has 0 spiro atoms. The van der Waals surface area contributed by atoms with Gasteiger partial charge >= 0.3 is 11.7 Å². The standard InChI is InChI=1S/C30H32BrN3O6/c1-29(2,3)19-30(4,5)22-10-15-26(25(16-22)34(37)38)39-18-27(35)33-32-17-20-6-13-24(14-7-20)40-28(36)21-8-11-23(31)12-9-21/h6-17H,18-19H2,1-5H3,(H,33,35)/b32-17+. The number of carbonyl (C=O) groups is 2. The Hall–Kier alpha value is -4.05. The molecule has 1 N–H and O–H groups in total. The van der Waals surface area contributed by atoms with Crippen LogP contribution in [0.25, 0.3) is 0 Å². The number of nitrogens with zero attached hydrogens (tertiary/aromatic N) is 2. The van der Waals surface area contributed by atoms with Crippen LogP contribution in [0, 0.1) is 15.5 Å². The summed E-state index contributed by atoms with van der Waals surface area (Å²) in [6.07, 6.45) is 2.24. The quantitative estimate of drug-likeness (QED) is 0.0885. The molecule has 3 aromatic rings. The molecule has 0 aromatic heterocycles. The third-order valence-electron chi connectivity index (χ3n) is 5.84. The lowest BCUT2D eigenvalue weighted by atomic mass is 9.72. The Bertz CT molecular complexity index is 1390. The third kappa shape index (κ3) is 9.01. The number of benzene rings is 3. The largest absolute Gasteiger partial charge is 0.477 e. The van der Waals surface area contributed by atoms with Crippen LogP contribution in [0.3, 0.4) is 0 Å². The molecule has 0 heterocycles. The van der Waals surface area contributed by atoms with Gasteiger partial charge in [0.05, 0.1) is 16.7 Å². The molecule has 3 rings (SSSR count). The summed E-state index contributed by atoms with van der Waals surface area (Å²) in [6.45, 7) is 10.0. The van der Waals surface area contributed by atoms with Crippen molar-refractivity contribution in [3.8, 4) is 11.5 Å². The van der Waals surface area contributed by atoms with Gasteiger partial charge in [-0.2, -0.15) is 5.10 Å². The molecule has 0 aliphatic heterocycles. The summed E-state index contributed by atoms with van der Waals surface area (Å²) in [4.78, 5) is 35.6. The minimum atomic E-state index is -0.581. The van der Waals surface area contributed by atoms with E-state index in [-0.39, 0.29) is 22.3 Å². The molecule has 0 atom stereocenters. The molecular weight excluding hydrogens is 578 g/mol. The van der Waals surface area contributed by atoms with Gasteiger partial charge in [-0.1, -0.05) is 56.6 Å². The number of ether oxygens (including phenoxy) is 2. The lowest BCUT2D eigenvalue weighted by Crippen LogP contribution is -2.26. The second kappa shape index (κ2) is 12.9. The van der Waals surface area contributed by atoms with E-state index in [1.165, 1.54) is 18.3 Å². The lowest BCUT2D eigenvalue weighted by Gasteiger charge is -2.33. The Balaban J connectivity index is 1.54. The van der Waals surface area contributed by atoms with E-state index in [4.69, 9.17) is 9.47 Å². The molecule has 1 amide bonds. The molecule has 9 nitrogen and oxygen atoms in total. The zero-order valence-electron chi connectivity index (χ0n) is 23.1. The average Bonchev–Trinajstić information content (AvgIpc) is 2.87. The van der Waals surface area contributed by atoms with Gasteiger partial charge in [-0.3, -0.25) is 14.9 Å². The number of hydrogen-bond donors (Lipinski definition) is 1. The van der Waals surface area contributed by atoms with Gasteiger partial charge in [0.2, 0.25) is 0 Å². The molecule has 0 aliphatic rings. The number of hydrazone groups is 1. The number of nitro groups is 1. The number of nitrogens with one attached hydrogen (secondary N) is 1. The number of rotatable bonds is 10. The molecule has 0 bridgehead atoms. The maximum atomic E-state index is 12.2. The highest BCUT2D eigenvalue weighted by Gasteiger charge is 2.30. The Morgan fingerprint density at radius 2 is 1.65 bits per heavy atom. The van der Waals surface area contributed by atoms with E-state index in [0.29, 0.717) is 16.9 Å². The monoisotopic (exact) mass is 609 g/mol. The van der Waals surface area contributed by atoms with Crippen molar-refractivity contribution in [1.29, 1.82) is 0 Å². The van der Waals surface area contributed by atoms with Crippen molar-refractivity contribution in [3.63, 3.8) is 0 Å². The van der Waals surface area contributed by atoms with Crippen molar-refractivity contribution in [2.75, 3.05) is 6.61 Å². The molecule has 3 aromatic carbocycles. The fourth-order valence-electron chi connectivity index (χ4n) is 4.36. The number of esters is 1. The number of amides is 1. The van der Waals surface area contributed by atoms with E-state index < -0.39 is 23.4 Å². The molecule has 40 heavy (non-hydrogen) atoms. The number of halogens is 1. The highest BCUT2D eigenvalue weighted by Crippen LogP contribution is 2.39. The first-order valence-electron chi connectivity index (χ1n) is 12.5. The van der Waals surface area contributed by atoms with E-state index in [9.17, 15) is 19.7 Å². The Labute approximate surface area is 241 Å². The first kappa shape index (κ1) is 30.5. The molecule has 0 unspecified atom stereocenters. The SMILES string of the molecule is CC(C)(C)CC(C)(C)c1ccc(OCC(=O)N/N=C/c2ccc(OC(=O)c3ccc(Br)cc3)cc2)c([N+](=O)[O-])c1.